The molecule has 2 atom stereocenters. The van der Waals surface area contributed by atoms with Crippen molar-refractivity contribution in [3.8, 4) is 0 Å². The van der Waals surface area contributed by atoms with Crippen LogP contribution in [0.3, 0.4) is 0 Å². The molecule has 0 bridgehead atoms. The molecule has 3 N–H and O–H groups in total. The SMILES string of the molecule is CC1CCC(CSc2nc3ccc(N)cc3[nH]2)O1. The molecule has 1 aliphatic rings. The fraction of sp³-hybridized carbons (Fsp3) is 0.462. The second kappa shape index (κ2) is 4.82. The third kappa shape index (κ3) is 2.47. The number of aromatic amines is 1. The number of benzene rings is 1. The molecule has 2 heterocycles. The number of imidazole rings is 1. The Balaban J connectivity index is 1.67. The van der Waals surface area contributed by atoms with E-state index in [9.17, 15) is 0 Å². The smallest absolute Gasteiger partial charge is 0.166 e. The average Bonchev–Trinajstić information content (AvgIpc) is 2.92. The average molecular weight is 263 g/mol. The standard InChI is InChI=1S/C13H17N3OS/c1-8-2-4-10(17-8)7-18-13-15-11-5-3-9(14)6-12(11)16-13/h3,5-6,8,10H,2,4,7,14H2,1H3,(H,15,16). The van der Waals surface area contributed by atoms with Crippen LogP contribution < -0.4 is 5.73 Å². The lowest BCUT2D eigenvalue weighted by molar-refractivity contribution is 0.0699. The number of rotatable bonds is 3. The lowest BCUT2D eigenvalue weighted by atomic mass is 10.2. The van der Waals surface area contributed by atoms with Gasteiger partial charge in [-0.1, -0.05) is 11.8 Å². The molecule has 2 aromatic rings. The first kappa shape index (κ1) is 11.9. The molecular weight excluding hydrogens is 246 g/mol. The number of anilines is 1. The van der Waals surface area contributed by atoms with E-state index in [0.717, 1.165) is 34.1 Å². The number of nitrogen functional groups attached to an aromatic ring is 1. The molecule has 0 aliphatic carbocycles. The van der Waals surface area contributed by atoms with Gasteiger partial charge in [0.05, 0.1) is 23.2 Å². The highest BCUT2D eigenvalue weighted by Crippen LogP contribution is 2.26. The lowest BCUT2D eigenvalue weighted by Gasteiger charge is -2.08. The zero-order valence-corrected chi connectivity index (χ0v) is 11.2. The number of nitrogens with zero attached hydrogens (tertiary/aromatic N) is 1. The van der Waals surface area contributed by atoms with Crippen molar-refractivity contribution in [2.45, 2.75) is 37.1 Å². The summed E-state index contributed by atoms with van der Waals surface area (Å²) in [5, 5.41) is 0.943. The van der Waals surface area contributed by atoms with Gasteiger partial charge in [0.15, 0.2) is 5.16 Å². The van der Waals surface area contributed by atoms with E-state index in [1.807, 2.05) is 18.2 Å². The number of nitrogens with one attached hydrogen (secondary N) is 1. The van der Waals surface area contributed by atoms with E-state index in [1.165, 1.54) is 6.42 Å². The van der Waals surface area contributed by atoms with Gasteiger partial charge in [-0.15, -0.1) is 0 Å². The van der Waals surface area contributed by atoms with Crippen LogP contribution in [0, 0.1) is 0 Å². The highest BCUT2D eigenvalue weighted by Gasteiger charge is 2.22. The quantitative estimate of drug-likeness (QED) is 0.660. The van der Waals surface area contributed by atoms with Crippen molar-refractivity contribution in [3.05, 3.63) is 18.2 Å². The summed E-state index contributed by atoms with van der Waals surface area (Å²) in [7, 11) is 0. The third-order valence-corrected chi connectivity index (χ3v) is 4.22. The molecule has 2 unspecified atom stereocenters. The number of nitrogens with two attached hydrogens (primary N) is 1. The van der Waals surface area contributed by atoms with Crippen molar-refractivity contribution in [2.75, 3.05) is 11.5 Å². The highest BCUT2D eigenvalue weighted by atomic mass is 32.2. The predicted molar refractivity (Wildman–Crippen MR) is 74.8 cm³/mol. The normalized spacial score (nSPS) is 23.8. The van der Waals surface area contributed by atoms with Gasteiger partial charge in [-0.3, -0.25) is 0 Å². The van der Waals surface area contributed by atoms with Crippen molar-refractivity contribution >= 4 is 28.5 Å². The van der Waals surface area contributed by atoms with Crippen LogP contribution in [0.25, 0.3) is 11.0 Å². The zero-order chi connectivity index (χ0) is 12.5. The van der Waals surface area contributed by atoms with E-state index in [4.69, 9.17) is 10.5 Å². The number of hydrogen-bond acceptors (Lipinski definition) is 4. The monoisotopic (exact) mass is 263 g/mol. The van der Waals surface area contributed by atoms with E-state index in [-0.39, 0.29) is 0 Å². The van der Waals surface area contributed by atoms with Gasteiger partial charge in [0.25, 0.3) is 0 Å². The van der Waals surface area contributed by atoms with Gasteiger partial charge in [-0.05, 0) is 38.0 Å². The van der Waals surface area contributed by atoms with Crippen LogP contribution in [0.4, 0.5) is 5.69 Å². The molecule has 4 nitrogen and oxygen atoms in total. The first-order valence-electron chi connectivity index (χ1n) is 6.24. The Bertz CT molecular complexity index is 554. The van der Waals surface area contributed by atoms with Crippen LogP contribution in [0.15, 0.2) is 23.4 Å². The molecule has 5 heteroatoms. The Kier molecular flexibility index (Phi) is 3.18. The Morgan fingerprint density at radius 3 is 3.17 bits per heavy atom. The van der Waals surface area contributed by atoms with Gasteiger partial charge in [-0.2, -0.15) is 0 Å². The Morgan fingerprint density at radius 1 is 1.50 bits per heavy atom. The van der Waals surface area contributed by atoms with Crippen molar-refractivity contribution in [3.63, 3.8) is 0 Å². The second-order valence-electron chi connectivity index (χ2n) is 4.78. The summed E-state index contributed by atoms with van der Waals surface area (Å²) in [5.74, 6) is 0.958. The minimum atomic E-state index is 0.364. The van der Waals surface area contributed by atoms with Crippen LogP contribution in [0.1, 0.15) is 19.8 Å². The van der Waals surface area contributed by atoms with Gasteiger partial charge in [0.2, 0.25) is 0 Å². The molecule has 1 aliphatic heterocycles. The topological polar surface area (TPSA) is 63.9 Å². The second-order valence-corrected chi connectivity index (χ2v) is 5.78. The summed E-state index contributed by atoms with van der Waals surface area (Å²) in [5.41, 5.74) is 8.47. The fourth-order valence-corrected chi connectivity index (χ4v) is 3.19. The maximum absolute atomic E-state index is 5.79. The molecule has 0 radical (unpaired) electrons. The van der Waals surface area contributed by atoms with Crippen LogP contribution in [-0.4, -0.2) is 27.9 Å². The Labute approximate surface area is 110 Å². The van der Waals surface area contributed by atoms with Crippen LogP contribution >= 0.6 is 11.8 Å². The zero-order valence-electron chi connectivity index (χ0n) is 10.3. The number of H-pyrrole nitrogens is 1. The largest absolute Gasteiger partial charge is 0.399 e. The molecule has 96 valence electrons. The van der Waals surface area contributed by atoms with Gasteiger partial charge < -0.3 is 15.5 Å². The van der Waals surface area contributed by atoms with Crippen LogP contribution in [-0.2, 0) is 4.74 Å². The summed E-state index contributed by atoms with van der Waals surface area (Å²) in [6, 6.07) is 5.74. The predicted octanol–water partition coefficient (Wildman–Crippen LogP) is 2.80. The molecule has 18 heavy (non-hydrogen) atoms. The maximum atomic E-state index is 5.79. The molecule has 1 fully saturated rings. The minimum Gasteiger partial charge on any atom is -0.399 e. The van der Waals surface area contributed by atoms with Gasteiger partial charge in [0, 0.05) is 11.4 Å². The van der Waals surface area contributed by atoms with Crippen molar-refractivity contribution in [1.82, 2.24) is 9.97 Å². The van der Waals surface area contributed by atoms with Gasteiger partial charge in [0.1, 0.15) is 0 Å². The molecule has 0 amide bonds. The highest BCUT2D eigenvalue weighted by molar-refractivity contribution is 7.99. The van der Waals surface area contributed by atoms with E-state index in [0.29, 0.717) is 12.2 Å². The van der Waals surface area contributed by atoms with E-state index < -0.39 is 0 Å². The lowest BCUT2D eigenvalue weighted by Crippen LogP contribution is -2.10. The maximum Gasteiger partial charge on any atom is 0.166 e. The number of hydrogen-bond donors (Lipinski definition) is 2. The minimum absolute atomic E-state index is 0.364. The molecule has 3 rings (SSSR count). The molecule has 1 aromatic heterocycles. The van der Waals surface area contributed by atoms with Crippen molar-refractivity contribution < 1.29 is 4.74 Å². The summed E-state index contributed by atoms with van der Waals surface area (Å²) in [6.07, 6.45) is 3.10. The van der Waals surface area contributed by atoms with E-state index in [1.54, 1.807) is 11.8 Å². The van der Waals surface area contributed by atoms with Crippen molar-refractivity contribution in [1.29, 1.82) is 0 Å². The molecule has 1 saturated heterocycles. The van der Waals surface area contributed by atoms with Crippen molar-refractivity contribution in [2.24, 2.45) is 0 Å². The first-order valence-corrected chi connectivity index (χ1v) is 7.23. The van der Waals surface area contributed by atoms with Crippen LogP contribution in [0.2, 0.25) is 0 Å². The third-order valence-electron chi connectivity index (χ3n) is 3.21. The van der Waals surface area contributed by atoms with Gasteiger partial charge >= 0.3 is 0 Å². The molecule has 0 spiro atoms. The summed E-state index contributed by atoms with van der Waals surface area (Å²) in [6.45, 7) is 2.13. The summed E-state index contributed by atoms with van der Waals surface area (Å²) >= 11 is 1.72. The molecule has 1 aromatic carbocycles. The summed E-state index contributed by atoms with van der Waals surface area (Å²) < 4.78 is 5.79. The van der Waals surface area contributed by atoms with E-state index in [2.05, 4.69) is 16.9 Å². The first-order chi connectivity index (χ1) is 8.70. The number of thioether (sulfide) groups is 1. The molecule has 0 saturated carbocycles. The fourth-order valence-electron chi connectivity index (χ4n) is 2.25. The number of ether oxygens (including phenoxy) is 1. The number of fused-ring (bicyclic) bond motifs is 1. The Hall–Kier alpha value is -1.20. The summed E-state index contributed by atoms with van der Waals surface area (Å²) in [4.78, 5) is 7.82. The van der Waals surface area contributed by atoms with Gasteiger partial charge in [-0.25, -0.2) is 4.98 Å². The number of aromatic nitrogens is 2. The van der Waals surface area contributed by atoms with E-state index >= 15 is 0 Å². The molecular formula is C13H17N3OS. The Morgan fingerprint density at radius 2 is 2.39 bits per heavy atom. The van der Waals surface area contributed by atoms with Crippen LogP contribution in [0.5, 0.6) is 0 Å².